The van der Waals surface area contributed by atoms with Gasteiger partial charge in [0, 0.05) is 25.5 Å². The minimum atomic E-state index is -0.945. The lowest BCUT2D eigenvalue weighted by Gasteiger charge is -2.30. The average Bonchev–Trinajstić information content (AvgIpc) is 2.86. The topological polar surface area (TPSA) is 84.4 Å². The van der Waals surface area contributed by atoms with Gasteiger partial charge in [-0.1, -0.05) is 0 Å². The highest BCUT2D eigenvalue weighted by molar-refractivity contribution is 5.90. The number of aromatic nitrogens is 2. The third kappa shape index (κ3) is 2.01. The highest BCUT2D eigenvalue weighted by atomic mass is 16.4. The first-order valence-electron chi connectivity index (χ1n) is 6.03. The van der Waals surface area contributed by atoms with E-state index in [-0.39, 0.29) is 5.56 Å². The number of hydrogen-bond acceptors (Lipinski definition) is 4. The zero-order valence-corrected chi connectivity index (χ0v) is 10.3. The van der Waals surface area contributed by atoms with E-state index in [1.54, 1.807) is 18.3 Å². The lowest BCUT2D eigenvalue weighted by molar-refractivity contribution is 0.0697. The maximum atomic E-state index is 11.0. The SMILES string of the molecule is Nc1ccc(C(=O)O)cc1N1CCn2ccnc2C1. The molecule has 19 heavy (non-hydrogen) atoms. The summed E-state index contributed by atoms with van der Waals surface area (Å²) in [4.78, 5) is 17.4. The van der Waals surface area contributed by atoms with Crippen LogP contribution in [0.4, 0.5) is 11.4 Å². The third-order valence-electron chi connectivity index (χ3n) is 3.36. The molecule has 0 bridgehead atoms. The summed E-state index contributed by atoms with van der Waals surface area (Å²) in [6.45, 7) is 2.25. The van der Waals surface area contributed by atoms with Gasteiger partial charge in [-0.3, -0.25) is 0 Å². The molecule has 0 radical (unpaired) electrons. The fraction of sp³-hybridized carbons (Fsp3) is 0.231. The Labute approximate surface area is 110 Å². The number of aromatic carboxylic acids is 1. The highest BCUT2D eigenvalue weighted by Crippen LogP contribution is 2.27. The van der Waals surface area contributed by atoms with Gasteiger partial charge in [-0.2, -0.15) is 0 Å². The molecule has 6 heteroatoms. The Hall–Kier alpha value is -2.50. The Balaban J connectivity index is 1.95. The largest absolute Gasteiger partial charge is 0.478 e. The van der Waals surface area contributed by atoms with E-state index in [9.17, 15) is 4.79 Å². The molecule has 3 N–H and O–H groups in total. The molecule has 6 nitrogen and oxygen atoms in total. The van der Waals surface area contributed by atoms with Crippen molar-refractivity contribution < 1.29 is 9.90 Å². The van der Waals surface area contributed by atoms with Crippen molar-refractivity contribution in [2.45, 2.75) is 13.1 Å². The summed E-state index contributed by atoms with van der Waals surface area (Å²) < 4.78 is 2.09. The number of benzene rings is 1. The number of imidazole rings is 1. The van der Waals surface area contributed by atoms with Gasteiger partial charge in [0.05, 0.1) is 23.5 Å². The molecule has 3 rings (SSSR count). The maximum Gasteiger partial charge on any atom is 0.335 e. The number of hydrogen-bond donors (Lipinski definition) is 2. The van der Waals surface area contributed by atoms with Crippen LogP contribution in [0.1, 0.15) is 16.2 Å². The summed E-state index contributed by atoms with van der Waals surface area (Å²) >= 11 is 0. The van der Waals surface area contributed by atoms with Crippen LogP contribution in [0.2, 0.25) is 0 Å². The fourth-order valence-corrected chi connectivity index (χ4v) is 2.33. The van der Waals surface area contributed by atoms with E-state index in [1.165, 1.54) is 6.07 Å². The number of carboxylic acid groups (broad SMARTS) is 1. The van der Waals surface area contributed by atoms with E-state index < -0.39 is 5.97 Å². The van der Waals surface area contributed by atoms with Gasteiger partial charge in [-0.25, -0.2) is 9.78 Å². The predicted octanol–water partition coefficient (Wildman–Crippen LogP) is 1.18. The van der Waals surface area contributed by atoms with Crippen LogP contribution < -0.4 is 10.6 Å². The zero-order valence-electron chi connectivity index (χ0n) is 10.3. The molecule has 1 aliphatic heterocycles. The predicted molar refractivity (Wildman–Crippen MR) is 71.1 cm³/mol. The fourth-order valence-electron chi connectivity index (χ4n) is 2.33. The van der Waals surface area contributed by atoms with Crippen LogP contribution in [0.15, 0.2) is 30.6 Å². The monoisotopic (exact) mass is 258 g/mol. The van der Waals surface area contributed by atoms with Crippen LogP contribution in [0, 0.1) is 0 Å². The quantitative estimate of drug-likeness (QED) is 0.790. The molecular formula is C13H14N4O2. The van der Waals surface area contributed by atoms with E-state index in [0.717, 1.165) is 24.6 Å². The molecule has 1 aliphatic rings. The molecule has 0 saturated carbocycles. The Bertz CT molecular complexity index is 635. The van der Waals surface area contributed by atoms with Crippen molar-refractivity contribution in [1.82, 2.24) is 9.55 Å². The number of carboxylic acids is 1. The second-order valence-electron chi connectivity index (χ2n) is 4.54. The van der Waals surface area contributed by atoms with Gasteiger partial charge in [-0.15, -0.1) is 0 Å². The highest BCUT2D eigenvalue weighted by Gasteiger charge is 2.19. The van der Waals surface area contributed by atoms with Crippen molar-refractivity contribution in [3.05, 3.63) is 42.0 Å². The summed E-state index contributed by atoms with van der Waals surface area (Å²) in [6.07, 6.45) is 3.72. The number of anilines is 2. The van der Waals surface area contributed by atoms with Crippen molar-refractivity contribution >= 4 is 17.3 Å². The van der Waals surface area contributed by atoms with E-state index in [0.29, 0.717) is 12.2 Å². The maximum absolute atomic E-state index is 11.0. The summed E-state index contributed by atoms with van der Waals surface area (Å²) in [5, 5.41) is 9.05. The number of rotatable bonds is 2. The van der Waals surface area contributed by atoms with E-state index in [2.05, 4.69) is 14.5 Å². The normalized spacial score (nSPS) is 14.2. The van der Waals surface area contributed by atoms with Gasteiger partial charge in [0.15, 0.2) is 0 Å². The lowest BCUT2D eigenvalue weighted by Crippen LogP contribution is -2.34. The Morgan fingerprint density at radius 2 is 2.21 bits per heavy atom. The molecule has 0 atom stereocenters. The first-order valence-corrected chi connectivity index (χ1v) is 6.03. The Morgan fingerprint density at radius 1 is 1.37 bits per heavy atom. The standard InChI is InChI=1S/C13H14N4O2/c14-10-2-1-9(13(18)19)7-11(10)17-6-5-16-4-3-15-12(16)8-17/h1-4,7H,5-6,8,14H2,(H,18,19). The minimum absolute atomic E-state index is 0.248. The van der Waals surface area contributed by atoms with Crippen molar-refractivity contribution in [1.29, 1.82) is 0 Å². The molecule has 2 aromatic rings. The van der Waals surface area contributed by atoms with Gasteiger partial charge in [0.1, 0.15) is 5.82 Å². The molecular weight excluding hydrogens is 244 g/mol. The smallest absolute Gasteiger partial charge is 0.335 e. The van der Waals surface area contributed by atoms with Crippen LogP contribution in [-0.4, -0.2) is 27.2 Å². The number of nitrogens with two attached hydrogens (primary N) is 1. The van der Waals surface area contributed by atoms with E-state index in [4.69, 9.17) is 10.8 Å². The third-order valence-corrected chi connectivity index (χ3v) is 3.36. The lowest BCUT2D eigenvalue weighted by atomic mass is 10.1. The average molecular weight is 258 g/mol. The zero-order chi connectivity index (χ0) is 13.4. The molecule has 0 saturated heterocycles. The van der Waals surface area contributed by atoms with Crippen LogP contribution in [0.25, 0.3) is 0 Å². The minimum Gasteiger partial charge on any atom is -0.478 e. The number of carbonyl (C=O) groups is 1. The molecule has 0 amide bonds. The molecule has 0 spiro atoms. The molecule has 1 aromatic heterocycles. The molecule has 1 aromatic carbocycles. The number of nitrogens with zero attached hydrogens (tertiary/aromatic N) is 3. The van der Waals surface area contributed by atoms with Crippen LogP contribution in [0.3, 0.4) is 0 Å². The summed E-state index contributed by atoms with van der Waals surface area (Å²) in [5.41, 5.74) is 7.55. The molecule has 0 unspecified atom stereocenters. The number of fused-ring (bicyclic) bond motifs is 1. The summed E-state index contributed by atoms with van der Waals surface area (Å²) in [6, 6.07) is 4.78. The second kappa shape index (κ2) is 4.31. The van der Waals surface area contributed by atoms with Gasteiger partial charge in [0.25, 0.3) is 0 Å². The van der Waals surface area contributed by atoms with E-state index >= 15 is 0 Å². The first-order chi connectivity index (χ1) is 9.15. The summed E-state index contributed by atoms with van der Waals surface area (Å²) in [7, 11) is 0. The van der Waals surface area contributed by atoms with Crippen LogP contribution in [0.5, 0.6) is 0 Å². The Kier molecular flexibility index (Phi) is 2.63. The molecule has 0 aliphatic carbocycles. The van der Waals surface area contributed by atoms with Gasteiger partial charge < -0.3 is 20.3 Å². The molecule has 98 valence electrons. The van der Waals surface area contributed by atoms with Gasteiger partial charge >= 0.3 is 5.97 Å². The second-order valence-corrected chi connectivity index (χ2v) is 4.54. The molecule has 2 heterocycles. The first kappa shape index (κ1) is 11.6. The Morgan fingerprint density at radius 3 is 3.00 bits per heavy atom. The van der Waals surface area contributed by atoms with Crippen LogP contribution >= 0.6 is 0 Å². The van der Waals surface area contributed by atoms with Crippen molar-refractivity contribution in [2.24, 2.45) is 0 Å². The number of nitrogen functional groups attached to an aromatic ring is 1. The molecule has 0 fully saturated rings. The van der Waals surface area contributed by atoms with Crippen molar-refractivity contribution in [3.63, 3.8) is 0 Å². The van der Waals surface area contributed by atoms with E-state index in [1.807, 2.05) is 6.20 Å². The van der Waals surface area contributed by atoms with Gasteiger partial charge in [-0.05, 0) is 18.2 Å². The summed E-state index contributed by atoms with van der Waals surface area (Å²) in [5.74, 6) is 0.0196. The van der Waals surface area contributed by atoms with Crippen molar-refractivity contribution in [3.8, 4) is 0 Å². The van der Waals surface area contributed by atoms with Gasteiger partial charge in [0.2, 0.25) is 0 Å². The van der Waals surface area contributed by atoms with Crippen molar-refractivity contribution in [2.75, 3.05) is 17.2 Å². The van der Waals surface area contributed by atoms with Crippen LogP contribution in [-0.2, 0) is 13.1 Å².